The molecule has 0 saturated carbocycles. The molecule has 112 valence electrons. The number of rotatable bonds is 2. The standard InChI is InChI=1S/C14H14Cl2N2O3/c15-10-2-1-9(7-11(10)16)12-8-13(21-17-12)14(19)18-3-5-20-6-4-18/h1-2,7,13H,3-6,8H2. The van der Waals surface area contributed by atoms with Crippen LogP contribution in [0.1, 0.15) is 12.0 Å². The number of carbonyl (C=O) groups excluding carboxylic acids is 1. The van der Waals surface area contributed by atoms with E-state index < -0.39 is 6.10 Å². The molecule has 2 heterocycles. The van der Waals surface area contributed by atoms with Crippen LogP contribution in [-0.4, -0.2) is 48.9 Å². The highest BCUT2D eigenvalue weighted by atomic mass is 35.5. The van der Waals surface area contributed by atoms with Crippen molar-refractivity contribution >= 4 is 34.8 Å². The lowest BCUT2D eigenvalue weighted by molar-refractivity contribution is -0.146. The zero-order valence-corrected chi connectivity index (χ0v) is 12.7. The van der Waals surface area contributed by atoms with Gasteiger partial charge in [-0.3, -0.25) is 4.79 Å². The number of halogens is 2. The van der Waals surface area contributed by atoms with Gasteiger partial charge in [0.25, 0.3) is 5.91 Å². The molecule has 7 heteroatoms. The van der Waals surface area contributed by atoms with Crippen molar-refractivity contribution in [3.8, 4) is 0 Å². The monoisotopic (exact) mass is 328 g/mol. The molecule has 21 heavy (non-hydrogen) atoms. The Balaban J connectivity index is 1.66. The lowest BCUT2D eigenvalue weighted by Crippen LogP contribution is -2.45. The number of hydrogen-bond acceptors (Lipinski definition) is 4. The van der Waals surface area contributed by atoms with Gasteiger partial charge in [0.05, 0.1) is 29.0 Å². The fraction of sp³-hybridized carbons (Fsp3) is 0.429. The summed E-state index contributed by atoms with van der Waals surface area (Å²) in [7, 11) is 0. The first kappa shape index (κ1) is 14.6. The van der Waals surface area contributed by atoms with Crippen molar-refractivity contribution in [2.45, 2.75) is 12.5 Å². The predicted octanol–water partition coefficient (Wildman–Crippen LogP) is 2.35. The Morgan fingerprint density at radius 2 is 2.00 bits per heavy atom. The predicted molar refractivity (Wildman–Crippen MR) is 79.9 cm³/mol. The van der Waals surface area contributed by atoms with Crippen molar-refractivity contribution in [2.75, 3.05) is 26.3 Å². The Kier molecular flexibility index (Phi) is 4.33. The summed E-state index contributed by atoms with van der Waals surface area (Å²) in [4.78, 5) is 19.4. The Hall–Kier alpha value is -1.30. The normalized spacial score (nSPS) is 21.9. The summed E-state index contributed by atoms with van der Waals surface area (Å²) in [5.74, 6) is -0.0443. The summed E-state index contributed by atoms with van der Waals surface area (Å²) in [6, 6.07) is 5.25. The van der Waals surface area contributed by atoms with E-state index in [9.17, 15) is 4.79 Å². The van der Waals surface area contributed by atoms with Crippen LogP contribution in [0.3, 0.4) is 0 Å². The molecule has 1 unspecified atom stereocenters. The smallest absolute Gasteiger partial charge is 0.267 e. The Labute approximate surface area is 132 Å². The molecule has 5 nitrogen and oxygen atoms in total. The van der Waals surface area contributed by atoms with Crippen molar-refractivity contribution in [1.29, 1.82) is 0 Å². The highest BCUT2D eigenvalue weighted by Gasteiger charge is 2.33. The molecule has 2 aliphatic rings. The SMILES string of the molecule is O=C(C1CC(c2ccc(Cl)c(Cl)c2)=NO1)N1CCOCC1. The van der Waals surface area contributed by atoms with Crippen molar-refractivity contribution in [3.05, 3.63) is 33.8 Å². The molecule has 0 aliphatic carbocycles. The van der Waals surface area contributed by atoms with Crippen molar-refractivity contribution in [3.63, 3.8) is 0 Å². The highest BCUT2D eigenvalue weighted by molar-refractivity contribution is 6.42. The lowest BCUT2D eigenvalue weighted by atomic mass is 10.0. The molecule has 0 radical (unpaired) electrons. The fourth-order valence-electron chi connectivity index (χ4n) is 2.34. The molecule has 2 aliphatic heterocycles. The van der Waals surface area contributed by atoms with Gasteiger partial charge in [-0.05, 0) is 12.1 Å². The second-order valence-corrected chi connectivity index (χ2v) is 5.72. The zero-order chi connectivity index (χ0) is 14.8. The van der Waals surface area contributed by atoms with Crippen molar-refractivity contribution in [1.82, 2.24) is 4.90 Å². The number of hydrogen-bond donors (Lipinski definition) is 0. The van der Waals surface area contributed by atoms with Gasteiger partial charge in [0.1, 0.15) is 0 Å². The summed E-state index contributed by atoms with van der Waals surface area (Å²) in [5, 5.41) is 4.96. The van der Waals surface area contributed by atoms with E-state index >= 15 is 0 Å². The molecule has 1 aromatic rings. The number of carbonyl (C=O) groups is 1. The quantitative estimate of drug-likeness (QED) is 0.837. The van der Waals surface area contributed by atoms with Gasteiger partial charge >= 0.3 is 0 Å². The van der Waals surface area contributed by atoms with Crippen LogP contribution < -0.4 is 0 Å². The van der Waals surface area contributed by atoms with Gasteiger partial charge in [-0.1, -0.05) is 34.4 Å². The van der Waals surface area contributed by atoms with Crippen molar-refractivity contribution in [2.24, 2.45) is 5.16 Å². The summed E-state index contributed by atoms with van der Waals surface area (Å²) in [6.07, 6.45) is -0.124. The van der Waals surface area contributed by atoms with Crippen LogP contribution in [-0.2, 0) is 14.4 Å². The average Bonchev–Trinajstić information content (AvgIpc) is 3.00. The molecule has 0 bridgehead atoms. The van der Waals surface area contributed by atoms with Crippen LogP contribution in [0.5, 0.6) is 0 Å². The van der Waals surface area contributed by atoms with Gasteiger partial charge in [-0.15, -0.1) is 0 Å². The minimum atomic E-state index is -0.562. The Morgan fingerprint density at radius 1 is 1.24 bits per heavy atom. The first-order chi connectivity index (χ1) is 10.1. The molecule has 0 aromatic heterocycles. The molecule has 1 aromatic carbocycles. The van der Waals surface area contributed by atoms with Gasteiger partial charge in [0.2, 0.25) is 6.10 Å². The third-order valence-electron chi connectivity index (χ3n) is 3.52. The molecular formula is C14H14Cl2N2O3. The number of amides is 1. The second-order valence-electron chi connectivity index (χ2n) is 4.90. The van der Waals surface area contributed by atoms with Crippen LogP contribution in [0.4, 0.5) is 0 Å². The number of ether oxygens (including phenoxy) is 1. The molecule has 1 amide bonds. The van der Waals surface area contributed by atoms with Crippen LogP contribution in [0.2, 0.25) is 10.0 Å². The number of morpholine rings is 1. The largest absolute Gasteiger partial charge is 0.382 e. The summed E-state index contributed by atoms with van der Waals surface area (Å²) >= 11 is 11.9. The summed E-state index contributed by atoms with van der Waals surface area (Å²) < 4.78 is 5.24. The number of nitrogens with zero attached hydrogens (tertiary/aromatic N) is 2. The maximum absolute atomic E-state index is 12.3. The minimum Gasteiger partial charge on any atom is -0.382 e. The molecule has 1 atom stereocenters. The Bertz CT molecular complexity index is 586. The Morgan fingerprint density at radius 3 is 2.71 bits per heavy atom. The van der Waals surface area contributed by atoms with E-state index in [4.69, 9.17) is 32.8 Å². The average molecular weight is 329 g/mol. The van der Waals surface area contributed by atoms with Crippen LogP contribution in [0.25, 0.3) is 0 Å². The number of benzene rings is 1. The van der Waals surface area contributed by atoms with E-state index in [1.54, 1.807) is 17.0 Å². The summed E-state index contributed by atoms with van der Waals surface area (Å²) in [5.41, 5.74) is 1.53. The van der Waals surface area contributed by atoms with Crippen molar-refractivity contribution < 1.29 is 14.4 Å². The number of oxime groups is 1. The van der Waals surface area contributed by atoms with Gasteiger partial charge in [-0.25, -0.2) is 0 Å². The zero-order valence-electron chi connectivity index (χ0n) is 11.2. The maximum atomic E-state index is 12.3. The maximum Gasteiger partial charge on any atom is 0.267 e. The molecule has 1 fully saturated rings. The lowest BCUT2D eigenvalue weighted by Gasteiger charge is -2.28. The molecule has 0 N–H and O–H groups in total. The third-order valence-corrected chi connectivity index (χ3v) is 4.26. The second kappa shape index (κ2) is 6.22. The van der Waals surface area contributed by atoms with E-state index in [2.05, 4.69) is 5.16 Å². The molecular weight excluding hydrogens is 315 g/mol. The molecule has 0 spiro atoms. The first-order valence-electron chi connectivity index (χ1n) is 6.70. The van der Waals surface area contributed by atoms with Gasteiger partial charge in [0.15, 0.2) is 0 Å². The van der Waals surface area contributed by atoms with Gasteiger partial charge in [0, 0.05) is 25.1 Å². The molecule has 3 rings (SSSR count). The topological polar surface area (TPSA) is 51.1 Å². The van der Waals surface area contributed by atoms with E-state index in [1.807, 2.05) is 6.07 Å². The van der Waals surface area contributed by atoms with Gasteiger partial charge < -0.3 is 14.5 Å². The first-order valence-corrected chi connectivity index (χ1v) is 7.45. The van der Waals surface area contributed by atoms with E-state index in [1.165, 1.54) is 0 Å². The highest BCUT2D eigenvalue weighted by Crippen LogP contribution is 2.26. The van der Waals surface area contributed by atoms with E-state index in [-0.39, 0.29) is 5.91 Å². The minimum absolute atomic E-state index is 0.0443. The summed E-state index contributed by atoms with van der Waals surface area (Å²) in [6.45, 7) is 2.33. The van der Waals surface area contributed by atoms with Crippen LogP contribution in [0.15, 0.2) is 23.4 Å². The fourth-order valence-corrected chi connectivity index (χ4v) is 2.64. The van der Waals surface area contributed by atoms with Crippen LogP contribution >= 0.6 is 23.2 Å². The molecule has 1 saturated heterocycles. The van der Waals surface area contributed by atoms with E-state index in [0.29, 0.717) is 48.5 Å². The third kappa shape index (κ3) is 3.15. The van der Waals surface area contributed by atoms with Crippen LogP contribution in [0, 0.1) is 0 Å². The van der Waals surface area contributed by atoms with E-state index in [0.717, 1.165) is 5.56 Å². The van der Waals surface area contributed by atoms with Gasteiger partial charge in [-0.2, -0.15) is 0 Å².